The lowest BCUT2D eigenvalue weighted by atomic mass is 9.78. The van der Waals surface area contributed by atoms with Gasteiger partial charge >= 0.3 is 0 Å². The van der Waals surface area contributed by atoms with Gasteiger partial charge in [-0.1, -0.05) is 13.8 Å². The van der Waals surface area contributed by atoms with E-state index in [9.17, 15) is 0 Å². The molecule has 1 aliphatic heterocycles. The summed E-state index contributed by atoms with van der Waals surface area (Å²) in [6, 6.07) is 2.24. The molecule has 0 aromatic carbocycles. The van der Waals surface area contributed by atoms with Crippen molar-refractivity contribution in [1.82, 2.24) is 10.2 Å². The molecule has 1 saturated heterocycles. The van der Waals surface area contributed by atoms with E-state index in [0.717, 1.165) is 17.9 Å². The lowest BCUT2D eigenvalue weighted by Crippen LogP contribution is -2.47. The zero-order valence-corrected chi connectivity index (χ0v) is 12.8. The third-order valence-electron chi connectivity index (χ3n) is 5.35. The first-order valence-electron chi connectivity index (χ1n) is 8.06. The SMILES string of the molecule is CC1CCN(C2CCC(C)C(C)C2)CCC(C)N1. The lowest BCUT2D eigenvalue weighted by Gasteiger charge is -2.41. The largest absolute Gasteiger partial charge is 0.312 e. The number of nitrogens with zero attached hydrogens (tertiary/aromatic N) is 1. The Morgan fingerprint density at radius 2 is 1.39 bits per heavy atom. The Morgan fingerprint density at radius 3 is 1.94 bits per heavy atom. The highest BCUT2D eigenvalue weighted by atomic mass is 15.2. The lowest BCUT2D eigenvalue weighted by molar-refractivity contribution is 0.0939. The van der Waals surface area contributed by atoms with E-state index < -0.39 is 0 Å². The Labute approximate surface area is 114 Å². The first-order chi connectivity index (χ1) is 8.56. The summed E-state index contributed by atoms with van der Waals surface area (Å²) in [6.07, 6.45) is 6.92. The van der Waals surface area contributed by atoms with Gasteiger partial charge in [0.25, 0.3) is 0 Å². The maximum absolute atomic E-state index is 3.69. The minimum absolute atomic E-state index is 0.683. The van der Waals surface area contributed by atoms with Gasteiger partial charge in [0.05, 0.1) is 0 Å². The van der Waals surface area contributed by atoms with Crippen LogP contribution < -0.4 is 5.32 Å². The average molecular weight is 252 g/mol. The van der Waals surface area contributed by atoms with Crippen molar-refractivity contribution >= 4 is 0 Å². The predicted octanol–water partition coefficient (Wildman–Crippen LogP) is 3.27. The van der Waals surface area contributed by atoms with Crippen LogP contribution in [0.1, 0.15) is 59.8 Å². The molecule has 1 N–H and O–H groups in total. The zero-order chi connectivity index (χ0) is 13.1. The van der Waals surface area contributed by atoms with Crippen LogP contribution in [0, 0.1) is 11.8 Å². The molecule has 2 fully saturated rings. The average Bonchev–Trinajstić information content (AvgIpc) is 2.31. The number of nitrogens with one attached hydrogen (secondary N) is 1. The third-order valence-corrected chi connectivity index (χ3v) is 5.35. The second-order valence-electron chi connectivity index (χ2n) is 7.00. The van der Waals surface area contributed by atoms with Gasteiger partial charge in [0, 0.05) is 18.1 Å². The van der Waals surface area contributed by atoms with Crippen molar-refractivity contribution in [1.29, 1.82) is 0 Å². The summed E-state index contributed by atoms with van der Waals surface area (Å²) >= 11 is 0. The molecule has 2 rings (SSSR count). The van der Waals surface area contributed by atoms with Crippen LogP contribution in [-0.2, 0) is 0 Å². The summed E-state index contributed by atoms with van der Waals surface area (Å²) in [4.78, 5) is 2.80. The molecule has 2 nitrogen and oxygen atoms in total. The van der Waals surface area contributed by atoms with Gasteiger partial charge in [-0.2, -0.15) is 0 Å². The quantitative estimate of drug-likeness (QED) is 0.770. The van der Waals surface area contributed by atoms with E-state index >= 15 is 0 Å². The topological polar surface area (TPSA) is 15.3 Å². The molecule has 0 spiro atoms. The van der Waals surface area contributed by atoms with Crippen LogP contribution >= 0.6 is 0 Å². The molecule has 5 unspecified atom stereocenters. The van der Waals surface area contributed by atoms with E-state index in [4.69, 9.17) is 0 Å². The van der Waals surface area contributed by atoms with Crippen LogP contribution in [0.15, 0.2) is 0 Å². The van der Waals surface area contributed by atoms with E-state index in [-0.39, 0.29) is 0 Å². The first-order valence-corrected chi connectivity index (χ1v) is 8.06. The summed E-state index contributed by atoms with van der Waals surface area (Å²) in [5.41, 5.74) is 0. The fourth-order valence-corrected chi connectivity index (χ4v) is 3.70. The maximum Gasteiger partial charge on any atom is 0.00980 e. The Morgan fingerprint density at radius 1 is 0.778 bits per heavy atom. The number of hydrogen-bond donors (Lipinski definition) is 1. The van der Waals surface area contributed by atoms with Crippen molar-refractivity contribution in [3.8, 4) is 0 Å². The smallest absolute Gasteiger partial charge is 0.00980 e. The van der Waals surface area contributed by atoms with E-state index in [1.165, 1.54) is 45.2 Å². The van der Waals surface area contributed by atoms with Crippen molar-refractivity contribution in [2.75, 3.05) is 13.1 Å². The Bertz CT molecular complexity index is 241. The van der Waals surface area contributed by atoms with Gasteiger partial charge < -0.3 is 10.2 Å². The molecule has 5 atom stereocenters. The second kappa shape index (κ2) is 6.38. The molecule has 0 radical (unpaired) electrons. The maximum atomic E-state index is 3.69. The molecule has 0 aromatic heterocycles. The van der Waals surface area contributed by atoms with Crippen LogP contribution in [0.5, 0.6) is 0 Å². The Hall–Kier alpha value is -0.0800. The van der Waals surface area contributed by atoms with Crippen LogP contribution in [0.3, 0.4) is 0 Å². The van der Waals surface area contributed by atoms with Crippen molar-refractivity contribution in [3.63, 3.8) is 0 Å². The fraction of sp³-hybridized carbons (Fsp3) is 1.00. The highest BCUT2D eigenvalue weighted by Gasteiger charge is 2.29. The zero-order valence-electron chi connectivity index (χ0n) is 12.8. The van der Waals surface area contributed by atoms with Gasteiger partial charge in [-0.25, -0.2) is 0 Å². The van der Waals surface area contributed by atoms with Crippen molar-refractivity contribution < 1.29 is 0 Å². The third kappa shape index (κ3) is 3.71. The van der Waals surface area contributed by atoms with Crippen LogP contribution in [0.4, 0.5) is 0 Å². The second-order valence-corrected chi connectivity index (χ2v) is 7.00. The molecule has 0 aromatic rings. The van der Waals surface area contributed by atoms with E-state index in [1.54, 1.807) is 0 Å². The predicted molar refractivity (Wildman–Crippen MR) is 78.8 cm³/mol. The highest BCUT2D eigenvalue weighted by molar-refractivity contribution is 4.84. The van der Waals surface area contributed by atoms with Crippen LogP contribution in [0.2, 0.25) is 0 Å². The van der Waals surface area contributed by atoms with Crippen LogP contribution in [0.25, 0.3) is 0 Å². The Kier molecular flexibility index (Phi) is 5.08. The summed E-state index contributed by atoms with van der Waals surface area (Å²) in [5.74, 6) is 1.86. The number of rotatable bonds is 1. The molecule has 0 amide bonds. The molecule has 2 aliphatic rings. The van der Waals surface area contributed by atoms with Gasteiger partial charge in [-0.05, 0) is 70.9 Å². The molecular formula is C16H32N2. The van der Waals surface area contributed by atoms with Gasteiger partial charge in [0.2, 0.25) is 0 Å². The van der Waals surface area contributed by atoms with Gasteiger partial charge in [-0.3, -0.25) is 0 Å². The molecule has 0 bridgehead atoms. The molecule has 2 heteroatoms. The summed E-state index contributed by atoms with van der Waals surface area (Å²) < 4.78 is 0. The summed E-state index contributed by atoms with van der Waals surface area (Å²) in [7, 11) is 0. The molecule has 106 valence electrons. The van der Waals surface area contributed by atoms with Crippen molar-refractivity contribution in [2.24, 2.45) is 11.8 Å². The molecular weight excluding hydrogens is 220 g/mol. The van der Waals surface area contributed by atoms with Crippen molar-refractivity contribution in [3.05, 3.63) is 0 Å². The van der Waals surface area contributed by atoms with E-state index in [1.807, 2.05) is 0 Å². The minimum Gasteiger partial charge on any atom is -0.312 e. The molecule has 1 heterocycles. The summed E-state index contributed by atoms with van der Waals surface area (Å²) in [5, 5.41) is 3.69. The minimum atomic E-state index is 0.683. The van der Waals surface area contributed by atoms with Gasteiger partial charge in [0.15, 0.2) is 0 Å². The number of hydrogen-bond acceptors (Lipinski definition) is 2. The van der Waals surface area contributed by atoms with Crippen molar-refractivity contribution in [2.45, 2.75) is 77.9 Å². The standard InChI is InChI=1S/C16H32N2/c1-12-5-6-16(11-13(12)2)18-9-7-14(3)17-15(4)8-10-18/h12-17H,5-11H2,1-4H3. The van der Waals surface area contributed by atoms with E-state index in [0.29, 0.717) is 12.1 Å². The van der Waals surface area contributed by atoms with Crippen LogP contribution in [-0.4, -0.2) is 36.1 Å². The Balaban J connectivity index is 1.90. The normalized spacial score (nSPS) is 44.3. The highest BCUT2D eigenvalue weighted by Crippen LogP contribution is 2.32. The molecule has 1 saturated carbocycles. The van der Waals surface area contributed by atoms with Gasteiger partial charge in [0.1, 0.15) is 0 Å². The summed E-state index contributed by atoms with van der Waals surface area (Å²) in [6.45, 7) is 12.2. The van der Waals surface area contributed by atoms with Gasteiger partial charge in [-0.15, -0.1) is 0 Å². The monoisotopic (exact) mass is 252 g/mol. The molecule has 18 heavy (non-hydrogen) atoms. The van der Waals surface area contributed by atoms with E-state index in [2.05, 4.69) is 37.9 Å². The molecule has 1 aliphatic carbocycles. The first kappa shape index (κ1) is 14.3. The fourth-order valence-electron chi connectivity index (χ4n) is 3.70.